The lowest BCUT2D eigenvalue weighted by Crippen LogP contribution is -2.62. The number of ether oxygens (including phenoxy) is 2. The summed E-state index contributed by atoms with van der Waals surface area (Å²) in [5.74, 6) is 1.21. The van der Waals surface area contributed by atoms with Crippen LogP contribution < -0.4 is 15.4 Å². The van der Waals surface area contributed by atoms with Crippen molar-refractivity contribution in [2.45, 2.75) is 37.9 Å². The highest BCUT2D eigenvalue weighted by Crippen LogP contribution is 2.32. The third kappa shape index (κ3) is 4.07. The van der Waals surface area contributed by atoms with Crippen molar-refractivity contribution in [2.75, 3.05) is 32.8 Å². The smallest absolute Gasteiger partial charge is 0.299 e. The molecule has 0 radical (unpaired) electrons. The second-order valence-corrected chi connectivity index (χ2v) is 9.20. The van der Waals surface area contributed by atoms with Crippen molar-refractivity contribution in [3.8, 4) is 10.9 Å². The van der Waals surface area contributed by atoms with Gasteiger partial charge in [0.1, 0.15) is 10.8 Å². The lowest BCUT2D eigenvalue weighted by Gasteiger charge is -2.49. The summed E-state index contributed by atoms with van der Waals surface area (Å²) < 4.78 is 11.3. The number of amides is 1. The summed E-state index contributed by atoms with van der Waals surface area (Å²) >= 11 is 1.40. The van der Waals surface area contributed by atoms with E-state index >= 15 is 0 Å². The van der Waals surface area contributed by atoms with Gasteiger partial charge in [0.15, 0.2) is 0 Å². The van der Waals surface area contributed by atoms with E-state index in [9.17, 15) is 4.79 Å². The van der Waals surface area contributed by atoms with Crippen LogP contribution in [-0.4, -0.2) is 65.9 Å². The molecular formula is C21H27N5O3S. The minimum Gasteiger partial charge on any atom is -0.430 e. The number of hydrogen-bond donors (Lipinski definition) is 2. The van der Waals surface area contributed by atoms with Crippen molar-refractivity contribution < 1.29 is 14.3 Å². The highest BCUT2D eigenvalue weighted by Gasteiger charge is 2.40. The molecule has 5 heterocycles. The van der Waals surface area contributed by atoms with Gasteiger partial charge in [-0.2, -0.15) is 0 Å². The Morgan fingerprint density at radius 2 is 2.07 bits per heavy atom. The van der Waals surface area contributed by atoms with Gasteiger partial charge in [-0.25, -0.2) is 0 Å². The van der Waals surface area contributed by atoms with Gasteiger partial charge in [0, 0.05) is 24.2 Å². The van der Waals surface area contributed by atoms with E-state index < -0.39 is 0 Å². The molecule has 4 fully saturated rings. The number of morpholine rings is 1. The van der Waals surface area contributed by atoms with E-state index in [0.717, 1.165) is 31.2 Å². The van der Waals surface area contributed by atoms with E-state index in [4.69, 9.17) is 9.47 Å². The van der Waals surface area contributed by atoms with Crippen molar-refractivity contribution >= 4 is 17.2 Å². The molecule has 1 aromatic heterocycles. The van der Waals surface area contributed by atoms with Gasteiger partial charge in [-0.1, -0.05) is 16.4 Å². The normalized spacial score (nSPS) is 30.8. The van der Waals surface area contributed by atoms with Crippen LogP contribution in [0.4, 0.5) is 0 Å². The van der Waals surface area contributed by atoms with Gasteiger partial charge in [0.2, 0.25) is 0 Å². The summed E-state index contributed by atoms with van der Waals surface area (Å²) in [5, 5.41) is 16.3. The predicted molar refractivity (Wildman–Crippen MR) is 113 cm³/mol. The summed E-state index contributed by atoms with van der Waals surface area (Å²) in [5.41, 5.74) is 0.646. The SMILES string of the molecule is C[C@H]1[C@H](NC(=O)c2ccc(Oc3nnc(C4COCCN4)s3)cc2)C2CCN1CC2. The molecular weight excluding hydrogens is 402 g/mol. The molecule has 30 heavy (non-hydrogen) atoms. The first-order valence-electron chi connectivity index (χ1n) is 10.6. The standard InChI is InChI=1S/C21H27N5O3S/c1-13-18(14-6-9-26(13)10-7-14)23-19(27)15-2-4-16(5-3-15)29-21-25-24-20(30-21)17-12-28-11-8-22-17/h2-5,13-14,17-18,22H,6-12H2,1H3,(H,23,27)/t13-,17?,18-/m0/s1. The highest BCUT2D eigenvalue weighted by atomic mass is 32.1. The van der Waals surface area contributed by atoms with Crippen LogP contribution in [0.2, 0.25) is 0 Å². The number of fused-ring (bicyclic) bond motifs is 3. The first-order valence-corrected chi connectivity index (χ1v) is 11.5. The van der Waals surface area contributed by atoms with Crippen molar-refractivity contribution in [1.29, 1.82) is 0 Å². The molecule has 4 saturated heterocycles. The number of nitrogens with zero attached hydrogens (tertiary/aromatic N) is 3. The van der Waals surface area contributed by atoms with Crippen LogP contribution in [0.15, 0.2) is 24.3 Å². The Hall–Kier alpha value is -2.07. The van der Waals surface area contributed by atoms with Gasteiger partial charge in [0.05, 0.1) is 19.3 Å². The molecule has 0 saturated carbocycles. The molecule has 2 N–H and O–H groups in total. The third-order valence-electron chi connectivity index (χ3n) is 6.44. The number of benzene rings is 1. The molecule has 2 bridgehead atoms. The first-order chi connectivity index (χ1) is 14.7. The van der Waals surface area contributed by atoms with Crippen molar-refractivity contribution in [3.63, 3.8) is 0 Å². The van der Waals surface area contributed by atoms with Crippen LogP contribution >= 0.6 is 11.3 Å². The van der Waals surface area contributed by atoms with Crippen molar-refractivity contribution in [3.05, 3.63) is 34.8 Å². The molecule has 8 nitrogen and oxygen atoms in total. The fourth-order valence-corrected chi connectivity index (χ4v) is 5.46. The monoisotopic (exact) mass is 429 g/mol. The maximum absolute atomic E-state index is 12.8. The highest BCUT2D eigenvalue weighted by molar-refractivity contribution is 7.13. The van der Waals surface area contributed by atoms with Crippen LogP contribution in [0.25, 0.3) is 0 Å². The number of rotatable bonds is 5. The maximum Gasteiger partial charge on any atom is 0.299 e. The Kier molecular flexibility index (Phi) is 5.68. The summed E-state index contributed by atoms with van der Waals surface area (Å²) in [7, 11) is 0. The van der Waals surface area contributed by atoms with Crippen molar-refractivity contribution in [2.24, 2.45) is 5.92 Å². The van der Waals surface area contributed by atoms with Gasteiger partial charge in [0.25, 0.3) is 11.1 Å². The van der Waals surface area contributed by atoms with Gasteiger partial charge in [-0.15, -0.1) is 5.10 Å². The molecule has 2 aromatic rings. The molecule has 1 unspecified atom stereocenters. The molecule has 9 heteroatoms. The number of carbonyl (C=O) groups is 1. The van der Waals surface area contributed by atoms with Gasteiger partial charge < -0.3 is 20.1 Å². The molecule has 1 aromatic carbocycles. The zero-order valence-electron chi connectivity index (χ0n) is 17.0. The molecule has 0 spiro atoms. The Balaban J connectivity index is 1.19. The second-order valence-electron chi connectivity index (χ2n) is 8.23. The fourth-order valence-electron chi connectivity index (χ4n) is 4.68. The molecule has 4 aliphatic rings. The van der Waals surface area contributed by atoms with Gasteiger partial charge in [-0.05, 0) is 63.0 Å². The fraction of sp³-hybridized carbons (Fsp3) is 0.571. The van der Waals surface area contributed by atoms with Crippen LogP contribution in [0.5, 0.6) is 10.9 Å². The van der Waals surface area contributed by atoms with Crippen molar-refractivity contribution in [1.82, 2.24) is 25.7 Å². The molecule has 6 rings (SSSR count). The Morgan fingerprint density at radius 3 is 2.77 bits per heavy atom. The third-order valence-corrected chi connectivity index (χ3v) is 7.35. The van der Waals surface area contributed by atoms with E-state index in [0.29, 0.717) is 35.1 Å². The molecule has 4 aliphatic heterocycles. The van der Waals surface area contributed by atoms with E-state index in [-0.39, 0.29) is 18.0 Å². The van der Waals surface area contributed by atoms with Crippen LogP contribution in [-0.2, 0) is 4.74 Å². The molecule has 1 amide bonds. The minimum atomic E-state index is -0.0197. The van der Waals surface area contributed by atoms with Crippen LogP contribution in [0.1, 0.15) is 41.2 Å². The summed E-state index contributed by atoms with van der Waals surface area (Å²) in [6, 6.07) is 7.90. The quantitative estimate of drug-likeness (QED) is 0.753. The largest absolute Gasteiger partial charge is 0.430 e. The van der Waals surface area contributed by atoms with Crippen LogP contribution in [0, 0.1) is 5.92 Å². The summed E-state index contributed by atoms with van der Waals surface area (Å²) in [6.07, 6.45) is 2.35. The van der Waals surface area contributed by atoms with E-state index in [1.165, 1.54) is 24.2 Å². The van der Waals surface area contributed by atoms with Gasteiger partial charge >= 0.3 is 0 Å². The number of nitrogens with one attached hydrogen (secondary N) is 2. The van der Waals surface area contributed by atoms with E-state index in [2.05, 4.69) is 32.7 Å². The number of aromatic nitrogens is 2. The molecule has 3 atom stereocenters. The summed E-state index contributed by atoms with van der Waals surface area (Å²) in [6.45, 7) is 6.65. The Bertz CT molecular complexity index is 873. The number of piperidine rings is 3. The number of hydrogen-bond acceptors (Lipinski definition) is 8. The average molecular weight is 430 g/mol. The zero-order chi connectivity index (χ0) is 20.5. The van der Waals surface area contributed by atoms with Crippen LogP contribution in [0.3, 0.4) is 0 Å². The van der Waals surface area contributed by atoms with Gasteiger partial charge in [-0.3, -0.25) is 9.69 Å². The van der Waals surface area contributed by atoms with E-state index in [1.54, 1.807) is 24.3 Å². The first kappa shape index (κ1) is 19.9. The Labute approximate surface area is 180 Å². The summed E-state index contributed by atoms with van der Waals surface area (Å²) in [4.78, 5) is 15.3. The lowest BCUT2D eigenvalue weighted by molar-refractivity contribution is 0.0217. The zero-order valence-corrected chi connectivity index (χ0v) is 17.9. The molecule has 160 valence electrons. The lowest BCUT2D eigenvalue weighted by atomic mass is 9.79. The average Bonchev–Trinajstić information content (AvgIpc) is 3.26. The molecule has 0 aliphatic carbocycles. The topological polar surface area (TPSA) is 88.6 Å². The van der Waals surface area contributed by atoms with E-state index in [1.807, 2.05) is 0 Å². The second kappa shape index (κ2) is 8.58. The predicted octanol–water partition coefficient (Wildman–Crippen LogP) is 2.20. The minimum absolute atomic E-state index is 0.0197. The Morgan fingerprint density at radius 1 is 1.27 bits per heavy atom. The maximum atomic E-state index is 12.8. The number of carbonyl (C=O) groups excluding carboxylic acids is 1.